The van der Waals surface area contributed by atoms with Crippen molar-refractivity contribution in [1.29, 1.82) is 0 Å². The molecule has 2 aliphatic heterocycles. The number of amides is 1. The number of nitrogens with one attached hydrogen (secondary N) is 1. The Hall–Kier alpha value is -4.23. The second kappa shape index (κ2) is 12.4. The number of hydrogen-bond donors (Lipinski definition) is 3. The van der Waals surface area contributed by atoms with E-state index in [9.17, 15) is 18.0 Å². The van der Waals surface area contributed by atoms with Crippen molar-refractivity contribution in [3.63, 3.8) is 0 Å². The van der Waals surface area contributed by atoms with Crippen molar-refractivity contribution in [1.82, 2.24) is 29.7 Å². The van der Waals surface area contributed by atoms with Gasteiger partial charge in [-0.1, -0.05) is 24.3 Å². The number of alkyl halides is 3. The number of hydrogen-bond acceptors (Lipinski definition) is 8. The number of ether oxygens (including phenoxy) is 1. The highest BCUT2D eigenvalue weighted by atomic mass is 19.4. The molecule has 2 fully saturated rings. The Morgan fingerprint density at radius 2 is 1.70 bits per heavy atom. The van der Waals surface area contributed by atoms with E-state index < -0.39 is 19.3 Å². The highest BCUT2D eigenvalue weighted by Crippen LogP contribution is 2.34. The zero-order valence-electron chi connectivity index (χ0n) is 24.1. The third-order valence-electron chi connectivity index (χ3n) is 8.44. The van der Waals surface area contributed by atoms with E-state index in [0.29, 0.717) is 86.0 Å². The predicted octanol–water partition coefficient (Wildman–Crippen LogP) is 4.37. The van der Waals surface area contributed by atoms with Gasteiger partial charge in [0.05, 0.1) is 17.9 Å². The summed E-state index contributed by atoms with van der Waals surface area (Å²) in [5, 5.41) is 9.08. The van der Waals surface area contributed by atoms with Gasteiger partial charge in [0, 0.05) is 37.1 Å². The minimum Gasteiger partial charge on any atom is -0.488 e. The SMILES string of the molecule is Nc1cc(-c2ncnc3nc(-c4ccc(C5CCN(CC(F)(F)F)CC5)cc4)[nH]c23)ccc1OC1CCN(C(=O)CO)CC1. The first-order valence-corrected chi connectivity index (χ1v) is 14.7. The topological polar surface area (TPSA) is 133 Å². The molecule has 4 N–H and O–H groups in total. The van der Waals surface area contributed by atoms with Crippen LogP contribution in [-0.2, 0) is 4.79 Å². The Morgan fingerprint density at radius 3 is 2.36 bits per heavy atom. The summed E-state index contributed by atoms with van der Waals surface area (Å²) in [6.07, 6.45) is -0.107. The number of aliphatic hydroxyl groups is 1. The lowest BCUT2D eigenvalue weighted by molar-refractivity contribution is -0.148. The number of carbonyl (C=O) groups excluding carboxylic acids is 1. The van der Waals surface area contributed by atoms with Gasteiger partial charge in [0.25, 0.3) is 0 Å². The minimum atomic E-state index is -4.17. The number of aromatic nitrogens is 4. The monoisotopic (exact) mass is 609 g/mol. The fourth-order valence-electron chi connectivity index (χ4n) is 6.08. The van der Waals surface area contributed by atoms with Crippen molar-refractivity contribution in [2.24, 2.45) is 0 Å². The fourth-order valence-corrected chi connectivity index (χ4v) is 6.08. The summed E-state index contributed by atoms with van der Waals surface area (Å²) in [7, 11) is 0. The number of anilines is 1. The number of rotatable bonds is 7. The molecule has 4 aromatic rings. The first kappa shape index (κ1) is 29.8. The lowest BCUT2D eigenvalue weighted by atomic mass is 9.89. The van der Waals surface area contributed by atoms with E-state index >= 15 is 0 Å². The highest BCUT2D eigenvalue weighted by molar-refractivity contribution is 5.90. The summed E-state index contributed by atoms with van der Waals surface area (Å²) in [6.45, 7) is 0.575. The van der Waals surface area contributed by atoms with Crippen LogP contribution in [0.1, 0.15) is 37.2 Å². The summed E-state index contributed by atoms with van der Waals surface area (Å²) >= 11 is 0. The van der Waals surface area contributed by atoms with Crippen LogP contribution in [0.25, 0.3) is 33.8 Å². The minimum absolute atomic E-state index is 0.0830. The van der Waals surface area contributed by atoms with Crippen molar-refractivity contribution in [2.75, 3.05) is 45.1 Å². The second-order valence-electron chi connectivity index (χ2n) is 11.4. The number of fused-ring (bicyclic) bond motifs is 1. The standard InChI is InChI=1S/C31H34F3N7O3/c32-31(33,34)17-40-11-7-20(8-12-40)19-1-3-21(4-2-19)29-38-28-27(36-18-37-30(28)39-29)22-5-6-25(24(35)15-22)44-23-9-13-41(14-10-23)26(43)16-42/h1-6,15,18,20,23,42H,7-14,16-17,35H2,(H,36,37,38,39). The van der Waals surface area contributed by atoms with Gasteiger partial charge in [-0.2, -0.15) is 13.2 Å². The molecule has 13 heteroatoms. The number of piperidine rings is 2. The summed E-state index contributed by atoms with van der Waals surface area (Å²) in [5.74, 6) is 1.14. The van der Waals surface area contributed by atoms with E-state index in [0.717, 1.165) is 16.7 Å². The predicted molar refractivity (Wildman–Crippen MR) is 159 cm³/mol. The third-order valence-corrected chi connectivity index (χ3v) is 8.44. The Kier molecular flexibility index (Phi) is 8.41. The molecule has 232 valence electrons. The number of aromatic amines is 1. The second-order valence-corrected chi connectivity index (χ2v) is 11.4. The lowest BCUT2D eigenvalue weighted by Gasteiger charge is -2.32. The summed E-state index contributed by atoms with van der Waals surface area (Å²) in [5.41, 5.74) is 11.4. The van der Waals surface area contributed by atoms with Crippen LogP contribution in [0.15, 0.2) is 48.8 Å². The molecule has 0 unspecified atom stereocenters. The van der Waals surface area contributed by atoms with Gasteiger partial charge in [0.1, 0.15) is 36.1 Å². The molecule has 0 aliphatic carbocycles. The van der Waals surface area contributed by atoms with Crippen LogP contribution in [0.2, 0.25) is 0 Å². The Bertz CT molecular complexity index is 1610. The van der Waals surface area contributed by atoms with E-state index in [1.165, 1.54) is 11.2 Å². The maximum atomic E-state index is 12.7. The first-order chi connectivity index (χ1) is 21.2. The number of carbonyl (C=O) groups is 1. The van der Waals surface area contributed by atoms with Gasteiger partial charge >= 0.3 is 6.18 Å². The van der Waals surface area contributed by atoms with Crippen LogP contribution in [-0.4, -0.2) is 92.4 Å². The zero-order chi connectivity index (χ0) is 30.8. The molecular formula is C31H34F3N7O3. The molecule has 2 aromatic carbocycles. The van der Waals surface area contributed by atoms with Crippen LogP contribution in [0.4, 0.5) is 18.9 Å². The molecule has 0 bridgehead atoms. The molecule has 2 aromatic heterocycles. The number of nitrogens with two attached hydrogens (primary N) is 1. The van der Waals surface area contributed by atoms with E-state index in [2.05, 4.69) is 19.9 Å². The fraction of sp³-hybridized carbons (Fsp3) is 0.419. The molecule has 0 atom stereocenters. The molecule has 4 heterocycles. The summed E-state index contributed by atoms with van der Waals surface area (Å²) in [4.78, 5) is 31.7. The van der Waals surface area contributed by atoms with Crippen LogP contribution < -0.4 is 10.5 Å². The molecule has 2 saturated heterocycles. The molecule has 2 aliphatic rings. The average Bonchev–Trinajstić information content (AvgIpc) is 3.46. The van der Waals surface area contributed by atoms with E-state index in [1.54, 1.807) is 11.0 Å². The molecule has 1 amide bonds. The van der Waals surface area contributed by atoms with Gasteiger partial charge in [-0.05, 0) is 55.6 Å². The van der Waals surface area contributed by atoms with Gasteiger partial charge in [-0.15, -0.1) is 0 Å². The van der Waals surface area contributed by atoms with Crippen LogP contribution in [0.5, 0.6) is 5.75 Å². The number of imidazole rings is 1. The largest absolute Gasteiger partial charge is 0.488 e. The van der Waals surface area contributed by atoms with Crippen LogP contribution in [0, 0.1) is 0 Å². The Morgan fingerprint density at radius 1 is 1.00 bits per heavy atom. The number of H-pyrrole nitrogens is 1. The quantitative estimate of drug-likeness (QED) is 0.263. The molecule has 6 rings (SSSR count). The number of likely N-dealkylation sites (tertiary alicyclic amines) is 2. The van der Waals surface area contributed by atoms with Gasteiger partial charge in [-0.25, -0.2) is 15.0 Å². The molecule has 0 saturated carbocycles. The third kappa shape index (κ3) is 6.63. The van der Waals surface area contributed by atoms with Crippen molar-refractivity contribution in [3.8, 4) is 28.4 Å². The van der Waals surface area contributed by atoms with Crippen molar-refractivity contribution in [2.45, 2.75) is 43.9 Å². The smallest absolute Gasteiger partial charge is 0.401 e. The Labute approximate surface area is 252 Å². The molecule has 0 spiro atoms. The molecule has 10 nitrogen and oxygen atoms in total. The zero-order valence-corrected chi connectivity index (χ0v) is 24.1. The number of aliphatic hydroxyl groups excluding tert-OH is 1. The maximum absolute atomic E-state index is 12.7. The molecule has 0 radical (unpaired) electrons. The van der Waals surface area contributed by atoms with E-state index in [1.807, 2.05) is 36.4 Å². The number of benzene rings is 2. The summed E-state index contributed by atoms with van der Waals surface area (Å²) < 4.78 is 44.3. The van der Waals surface area contributed by atoms with E-state index in [4.69, 9.17) is 15.6 Å². The van der Waals surface area contributed by atoms with Crippen LogP contribution in [0.3, 0.4) is 0 Å². The molecular weight excluding hydrogens is 575 g/mol. The molecule has 44 heavy (non-hydrogen) atoms. The normalized spacial score (nSPS) is 17.3. The maximum Gasteiger partial charge on any atom is 0.401 e. The van der Waals surface area contributed by atoms with Gasteiger partial charge in [0.15, 0.2) is 5.65 Å². The Balaban J connectivity index is 1.14. The number of nitrogens with zero attached hydrogens (tertiary/aromatic N) is 5. The van der Waals surface area contributed by atoms with Gasteiger partial charge < -0.3 is 25.5 Å². The van der Waals surface area contributed by atoms with Crippen LogP contribution >= 0.6 is 0 Å². The highest BCUT2D eigenvalue weighted by Gasteiger charge is 2.33. The van der Waals surface area contributed by atoms with Crippen molar-refractivity contribution < 1.29 is 27.8 Å². The average molecular weight is 610 g/mol. The number of nitrogen functional groups attached to an aromatic ring is 1. The summed E-state index contributed by atoms with van der Waals surface area (Å²) in [6, 6.07) is 13.5. The van der Waals surface area contributed by atoms with Gasteiger partial charge in [0.2, 0.25) is 5.91 Å². The first-order valence-electron chi connectivity index (χ1n) is 14.7. The number of halogens is 3. The van der Waals surface area contributed by atoms with Gasteiger partial charge in [-0.3, -0.25) is 9.69 Å². The lowest BCUT2D eigenvalue weighted by Crippen LogP contribution is -2.42. The van der Waals surface area contributed by atoms with Crippen molar-refractivity contribution >= 4 is 22.8 Å². The van der Waals surface area contributed by atoms with E-state index in [-0.39, 0.29) is 17.9 Å². The van der Waals surface area contributed by atoms with Crippen molar-refractivity contribution in [3.05, 3.63) is 54.4 Å².